The maximum atomic E-state index is 12.1. The fourth-order valence-electron chi connectivity index (χ4n) is 1.88. The summed E-state index contributed by atoms with van der Waals surface area (Å²) in [4.78, 5) is 48.2. The molecule has 8 heteroatoms. The molecule has 0 aliphatic carbocycles. The first-order chi connectivity index (χ1) is 9.99. The third-order valence-electron chi connectivity index (χ3n) is 2.89. The molecule has 0 bridgehead atoms. The van der Waals surface area contributed by atoms with E-state index in [-0.39, 0.29) is 13.0 Å². The minimum atomic E-state index is -1.16. The van der Waals surface area contributed by atoms with Gasteiger partial charge in [-0.15, -0.1) is 0 Å². The molecule has 1 amide bonds. The third kappa shape index (κ3) is 3.35. The summed E-state index contributed by atoms with van der Waals surface area (Å²) in [5.74, 6) is -1.71. The van der Waals surface area contributed by atoms with Crippen LogP contribution in [-0.4, -0.2) is 33.1 Å². The molecule has 0 atom stereocenters. The van der Waals surface area contributed by atoms with Crippen molar-refractivity contribution in [2.24, 2.45) is 0 Å². The molecule has 0 radical (unpaired) electrons. The number of rotatable bonds is 5. The monoisotopic (exact) mass is 291 g/mol. The highest BCUT2D eigenvalue weighted by atomic mass is 16.4. The SMILES string of the molecule is O=C(O)CNC(=O)CCn1c(=O)[nH]c2ccccc2c1=O. The third-order valence-corrected chi connectivity index (χ3v) is 2.89. The zero-order valence-corrected chi connectivity index (χ0v) is 11.0. The number of amides is 1. The number of carbonyl (C=O) groups is 2. The zero-order chi connectivity index (χ0) is 15.4. The number of fused-ring (bicyclic) bond motifs is 1. The van der Waals surface area contributed by atoms with Crippen LogP contribution in [0.15, 0.2) is 33.9 Å². The van der Waals surface area contributed by atoms with Gasteiger partial charge in [0.25, 0.3) is 5.56 Å². The summed E-state index contributed by atoms with van der Waals surface area (Å²) >= 11 is 0. The molecule has 0 fully saturated rings. The van der Waals surface area contributed by atoms with Gasteiger partial charge >= 0.3 is 11.7 Å². The van der Waals surface area contributed by atoms with Crippen molar-refractivity contribution in [1.29, 1.82) is 0 Å². The van der Waals surface area contributed by atoms with Gasteiger partial charge in [-0.25, -0.2) is 4.79 Å². The van der Waals surface area contributed by atoms with Crippen molar-refractivity contribution in [3.05, 3.63) is 45.1 Å². The number of carbonyl (C=O) groups excluding carboxylic acids is 1. The fraction of sp³-hybridized carbons (Fsp3) is 0.231. The van der Waals surface area contributed by atoms with E-state index in [2.05, 4.69) is 10.3 Å². The van der Waals surface area contributed by atoms with Gasteiger partial charge in [0, 0.05) is 13.0 Å². The summed E-state index contributed by atoms with van der Waals surface area (Å²) in [6.45, 7) is -0.619. The Morgan fingerprint density at radius 2 is 1.95 bits per heavy atom. The quantitative estimate of drug-likeness (QED) is 0.671. The van der Waals surface area contributed by atoms with E-state index in [1.807, 2.05) is 0 Å². The summed E-state index contributed by atoms with van der Waals surface area (Å²) in [7, 11) is 0. The van der Waals surface area contributed by atoms with E-state index in [0.717, 1.165) is 4.57 Å². The topological polar surface area (TPSA) is 121 Å². The standard InChI is InChI=1S/C13H13N3O5/c17-10(14-7-11(18)19)5-6-16-12(20)8-3-1-2-4-9(8)15-13(16)21/h1-4H,5-7H2,(H,14,17)(H,15,21)(H,18,19). The van der Waals surface area contributed by atoms with Gasteiger partial charge in [0.2, 0.25) is 5.91 Å². The Morgan fingerprint density at radius 1 is 1.24 bits per heavy atom. The summed E-state index contributed by atoms with van der Waals surface area (Å²) in [6.07, 6.45) is -0.158. The van der Waals surface area contributed by atoms with Crippen LogP contribution >= 0.6 is 0 Å². The van der Waals surface area contributed by atoms with E-state index in [1.54, 1.807) is 24.3 Å². The van der Waals surface area contributed by atoms with E-state index in [9.17, 15) is 19.2 Å². The maximum absolute atomic E-state index is 12.1. The van der Waals surface area contributed by atoms with Crippen molar-refractivity contribution < 1.29 is 14.7 Å². The van der Waals surface area contributed by atoms with Crippen LogP contribution in [0.4, 0.5) is 0 Å². The molecule has 2 aromatic rings. The van der Waals surface area contributed by atoms with Crippen molar-refractivity contribution >= 4 is 22.8 Å². The Morgan fingerprint density at radius 3 is 2.67 bits per heavy atom. The van der Waals surface area contributed by atoms with Crippen LogP contribution < -0.4 is 16.6 Å². The molecule has 0 unspecified atom stereocenters. The fourth-order valence-corrected chi connectivity index (χ4v) is 1.88. The number of aromatic amines is 1. The van der Waals surface area contributed by atoms with E-state index in [4.69, 9.17) is 5.11 Å². The predicted molar refractivity (Wildman–Crippen MR) is 74.1 cm³/mol. The molecule has 0 saturated heterocycles. The molecule has 0 spiro atoms. The first-order valence-electron chi connectivity index (χ1n) is 6.19. The van der Waals surface area contributed by atoms with Gasteiger partial charge in [-0.05, 0) is 12.1 Å². The Kier molecular flexibility index (Phi) is 4.17. The molecule has 110 valence electrons. The molecule has 8 nitrogen and oxygen atoms in total. The summed E-state index contributed by atoms with van der Waals surface area (Å²) < 4.78 is 0.919. The van der Waals surface area contributed by atoms with E-state index < -0.39 is 29.7 Å². The highest BCUT2D eigenvalue weighted by Gasteiger charge is 2.09. The first-order valence-corrected chi connectivity index (χ1v) is 6.19. The second-order valence-corrected chi connectivity index (χ2v) is 4.35. The van der Waals surface area contributed by atoms with E-state index in [0.29, 0.717) is 10.9 Å². The highest BCUT2D eigenvalue weighted by molar-refractivity contribution is 5.81. The molecule has 1 aromatic heterocycles. The zero-order valence-electron chi connectivity index (χ0n) is 11.0. The van der Waals surface area contributed by atoms with Crippen LogP contribution in [-0.2, 0) is 16.1 Å². The molecule has 3 N–H and O–H groups in total. The van der Waals surface area contributed by atoms with Gasteiger partial charge in [-0.2, -0.15) is 0 Å². The van der Waals surface area contributed by atoms with Gasteiger partial charge in [-0.1, -0.05) is 12.1 Å². The number of hydrogen-bond donors (Lipinski definition) is 3. The number of nitrogens with one attached hydrogen (secondary N) is 2. The number of benzene rings is 1. The predicted octanol–water partition coefficient (Wildman–Crippen LogP) is -0.719. The second kappa shape index (κ2) is 6.04. The van der Waals surface area contributed by atoms with Crippen LogP contribution in [0.25, 0.3) is 10.9 Å². The minimum Gasteiger partial charge on any atom is -0.480 e. The van der Waals surface area contributed by atoms with Crippen LogP contribution in [0, 0.1) is 0 Å². The summed E-state index contributed by atoms with van der Waals surface area (Å²) in [5.41, 5.74) is -0.663. The molecular weight excluding hydrogens is 278 g/mol. The number of para-hydroxylation sites is 1. The Labute approximate surface area is 118 Å². The molecule has 0 aliphatic heterocycles. The van der Waals surface area contributed by atoms with Crippen molar-refractivity contribution in [3.8, 4) is 0 Å². The first kappa shape index (κ1) is 14.5. The number of hydrogen-bond acceptors (Lipinski definition) is 4. The normalized spacial score (nSPS) is 10.5. The van der Waals surface area contributed by atoms with Crippen molar-refractivity contribution in [3.63, 3.8) is 0 Å². The number of H-pyrrole nitrogens is 1. The molecule has 21 heavy (non-hydrogen) atoms. The van der Waals surface area contributed by atoms with Gasteiger partial charge in [0.15, 0.2) is 0 Å². The highest BCUT2D eigenvalue weighted by Crippen LogP contribution is 2.02. The van der Waals surface area contributed by atoms with Gasteiger partial charge < -0.3 is 15.4 Å². The van der Waals surface area contributed by atoms with Crippen LogP contribution in [0.2, 0.25) is 0 Å². The average Bonchev–Trinajstić information content (AvgIpc) is 2.45. The Bertz CT molecular complexity index is 805. The molecule has 1 aromatic carbocycles. The molecule has 1 heterocycles. The van der Waals surface area contributed by atoms with Crippen LogP contribution in [0.3, 0.4) is 0 Å². The van der Waals surface area contributed by atoms with E-state index >= 15 is 0 Å². The van der Waals surface area contributed by atoms with Crippen molar-refractivity contribution in [1.82, 2.24) is 14.9 Å². The minimum absolute atomic E-state index is 0.121. The van der Waals surface area contributed by atoms with Gasteiger partial charge in [-0.3, -0.25) is 19.0 Å². The number of aliphatic carboxylic acids is 1. The van der Waals surface area contributed by atoms with Gasteiger partial charge in [0.05, 0.1) is 10.9 Å². The molecular formula is C13H13N3O5. The largest absolute Gasteiger partial charge is 0.480 e. The van der Waals surface area contributed by atoms with Crippen LogP contribution in [0.5, 0.6) is 0 Å². The van der Waals surface area contributed by atoms with Crippen molar-refractivity contribution in [2.75, 3.05) is 6.54 Å². The lowest BCUT2D eigenvalue weighted by molar-refractivity contribution is -0.138. The van der Waals surface area contributed by atoms with Crippen molar-refractivity contribution in [2.45, 2.75) is 13.0 Å². The lowest BCUT2D eigenvalue weighted by Crippen LogP contribution is -2.37. The van der Waals surface area contributed by atoms with Crippen LogP contribution in [0.1, 0.15) is 6.42 Å². The summed E-state index contributed by atoms with van der Waals surface area (Å²) in [6, 6.07) is 6.56. The summed E-state index contributed by atoms with van der Waals surface area (Å²) in [5, 5.41) is 10.9. The lowest BCUT2D eigenvalue weighted by atomic mass is 10.2. The maximum Gasteiger partial charge on any atom is 0.328 e. The Balaban J connectivity index is 2.19. The second-order valence-electron chi connectivity index (χ2n) is 4.35. The number of nitrogens with zero attached hydrogens (tertiary/aromatic N) is 1. The number of carboxylic acids is 1. The Hall–Kier alpha value is -2.90. The smallest absolute Gasteiger partial charge is 0.328 e. The lowest BCUT2D eigenvalue weighted by Gasteiger charge is -2.06. The van der Waals surface area contributed by atoms with Gasteiger partial charge in [0.1, 0.15) is 6.54 Å². The number of carboxylic acid groups (broad SMARTS) is 1. The average molecular weight is 291 g/mol. The molecule has 2 rings (SSSR count). The van der Waals surface area contributed by atoms with E-state index in [1.165, 1.54) is 0 Å². The number of aromatic nitrogens is 2. The molecule has 0 aliphatic rings. The molecule has 0 saturated carbocycles.